The Kier molecular flexibility index (Phi) is 4.20. The molecule has 0 amide bonds. The van der Waals surface area contributed by atoms with E-state index in [0.717, 1.165) is 44.0 Å². The average Bonchev–Trinajstić information content (AvgIpc) is 2.56. The predicted octanol–water partition coefficient (Wildman–Crippen LogP) is 2.20. The van der Waals surface area contributed by atoms with E-state index in [1.807, 2.05) is 18.2 Å². The van der Waals surface area contributed by atoms with Gasteiger partial charge in [-0.25, -0.2) is 0 Å². The van der Waals surface area contributed by atoms with Gasteiger partial charge in [-0.2, -0.15) is 0 Å². The van der Waals surface area contributed by atoms with Crippen LogP contribution in [0.3, 0.4) is 0 Å². The second kappa shape index (κ2) is 5.67. The van der Waals surface area contributed by atoms with Crippen LogP contribution in [-0.2, 0) is 4.74 Å². The minimum absolute atomic E-state index is 0.343. The molecule has 0 aromatic heterocycles. The zero-order valence-corrected chi connectivity index (χ0v) is 11.1. The van der Waals surface area contributed by atoms with Crippen LogP contribution in [0.2, 0.25) is 5.02 Å². The largest absolute Gasteiger partial charge is 0.389 e. The number of nitrogens with two attached hydrogens (primary N) is 1. The third-order valence-electron chi connectivity index (χ3n) is 2.80. The molecule has 1 fully saturated rings. The fraction of sp³-hybridized carbons (Fsp3) is 0.417. The summed E-state index contributed by atoms with van der Waals surface area (Å²) >= 11 is 11.2. The number of hydrogen-bond donors (Lipinski definition) is 1. The minimum Gasteiger partial charge on any atom is -0.389 e. The van der Waals surface area contributed by atoms with Crippen LogP contribution in [0.25, 0.3) is 0 Å². The third-order valence-corrected chi connectivity index (χ3v) is 3.32. The molecule has 17 heavy (non-hydrogen) atoms. The molecule has 0 aliphatic carbocycles. The number of hydrogen-bond acceptors (Lipinski definition) is 3. The monoisotopic (exact) mass is 270 g/mol. The standard InChI is InChI=1S/C12H15ClN2OS/c13-9-3-1-4-10(11(9)12(14)17)15-5-2-7-16-8-6-15/h1,3-4H,2,5-8H2,(H2,14,17). The van der Waals surface area contributed by atoms with Gasteiger partial charge in [0.05, 0.1) is 17.2 Å². The first-order chi connectivity index (χ1) is 8.20. The van der Waals surface area contributed by atoms with Gasteiger partial charge >= 0.3 is 0 Å². The predicted molar refractivity (Wildman–Crippen MR) is 75.0 cm³/mol. The van der Waals surface area contributed by atoms with Gasteiger partial charge in [-0.05, 0) is 18.6 Å². The smallest absolute Gasteiger partial charge is 0.107 e. The summed E-state index contributed by atoms with van der Waals surface area (Å²) in [6.07, 6.45) is 1.00. The maximum Gasteiger partial charge on any atom is 0.107 e. The van der Waals surface area contributed by atoms with Crippen molar-refractivity contribution >= 4 is 34.5 Å². The van der Waals surface area contributed by atoms with Gasteiger partial charge in [0, 0.05) is 25.4 Å². The van der Waals surface area contributed by atoms with E-state index >= 15 is 0 Å². The quantitative estimate of drug-likeness (QED) is 0.837. The molecule has 92 valence electrons. The number of thiocarbonyl (C=S) groups is 1. The molecule has 1 aromatic rings. The molecule has 0 atom stereocenters. The molecule has 0 spiro atoms. The summed E-state index contributed by atoms with van der Waals surface area (Å²) in [6, 6.07) is 5.74. The SMILES string of the molecule is NC(=S)c1c(Cl)cccc1N1CCCOCC1. The van der Waals surface area contributed by atoms with Crippen LogP contribution in [0, 0.1) is 0 Å². The zero-order valence-electron chi connectivity index (χ0n) is 9.49. The first-order valence-corrected chi connectivity index (χ1v) is 6.40. The Morgan fingerprint density at radius 1 is 1.35 bits per heavy atom. The highest BCUT2D eigenvalue weighted by atomic mass is 35.5. The lowest BCUT2D eigenvalue weighted by molar-refractivity contribution is 0.152. The Hall–Kier alpha value is -0.840. The van der Waals surface area contributed by atoms with E-state index < -0.39 is 0 Å². The summed E-state index contributed by atoms with van der Waals surface area (Å²) in [7, 11) is 0. The van der Waals surface area contributed by atoms with Crippen molar-refractivity contribution in [2.24, 2.45) is 5.73 Å². The molecule has 1 aliphatic rings. The van der Waals surface area contributed by atoms with Crippen molar-refractivity contribution in [2.45, 2.75) is 6.42 Å². The van der Waals surface area contributed by atoms with Crippen LogP contribution < -0.4 is 10.6 Å². The Bertz CT molecular complexity index is 417. The third kappa shape index (κ3) is 2.89. The maximum absolute atomic E-state index is 6.16. The van der Waals surface area contributed by atoms with E-state index in [0.29, 0.717) is 10.0 Å². The lowest BCUT2D eigenvalue weighted by Crippen LogP contribution is -2.28. The van der Waals surface area contributed by atoms with E-state index in [1.165, 1.54) is 0 Å². The summed E-state index contributed by atoms with van der Waals surface area (Å²) in [5.74, 6) is 0. The topological polar surface area (TPSA) is 38.5 Å². The summed E-state index contributed by atoms with van der Waals surface area (Å²) in [6.45, 7) is 3.31. The molecule has 0 saturated carbocycles. The lowest BCUT2D eigenvalue weighted by Gasteiger charge is -2.25. The second-order valence-corrected chi connectivity index (χ2v) is 4.80. The fourth-order valence-corrected chi connectivity index (χ4v) is 2.55. The molecule has 0 bridgehead atoms. The van der Waals surface area contributed by atoms with Crippen LogP contribution in [0.5, 0.6) is 0 Å². The van der Waals surface area contributed by atoms with Crippen LogP contribution in [0.4, 0.5) is 5.69 Å². The van der Waals surface area contributed by atoms with E-state index in [9.17, 15) is 0 Å². The molecule has 2 N–H and O–H groups in total. The number of halogens is 1. The summed E-state index contributed by atoms with van der Waals surface area (Å²) in [5.41, 5.74) is 7.53. The van der Waals surface area contributed by atoms with Gasteiger partial charge in [-0.15, -0.1) is 0 Å². The molecule has 2 rings (SSSR count). The van der Waals surface area contributed by atoms with Crippen LogP contribution in [0.1, 0.15) is 12.0 Å². The van der Waals surface area contributed by atoms with E-state index in [1.54, 1.807) is 0 Å². The molecule has 1 saturated heterocycles. The van der Waals surface area contributed by atoms with Gasteiger partial charge in [0.25, 0.3) is 0 Å². The molecule has 1 aromatic carbocycles. The highest BCUT2D eigenvalue weighted by Crippen LogP contribution is 2.28. The van der Waals surface area contributed by atoms with Gasteiger partial charge in [-0.1, -0.05) is 29.9 Å². The number of ether oxygens (including phenoxy) is 1. The minimum atomic E-state index is 0.343. The number of anilines is 1. The second-order valence-electron chi connectivity index (χ2n) is 3.95. The fourth-order valence-electron chi connectivity index (χ4n) is 2.01. The molecule has 0 radical (unpaired) electrons. The van der Waals surface area contributed by atoms with Crippen molar-refractivity contribution in [3.05, 3.63) is 28.8 Å². The zero-order chi connectivity index (χ0) is 12.3. The number of nitrogens with zero attached hydrogens (tertiary/aromatic N) is 1. The summed E-state index contributed by atoms with van der Waals surface area (Å²) in [4.78, 5) is 2.57. The van der Waals surface area contributed by atoms with Gasteiger partial charge in [0.2, 0.25) is 0 Å². The molecule has 1 aliphatic heterocycles. The Balaban J connectivity index is 2.36. The van der Waals surface area contributed by atoms with Crippen molar-refractivity contribution in [3.8, 4) is 0 Å². The Labute approximate surface area is 111 Å². The Morgan fingerprint density at radius 2 is 2.18 bits per heavy atom. The molecule has 1 heterocycles. The molecule has 5 heteroatoms. The molecule has 0 unspecified atom stereocenters. The maximum atomic E-state index is 6.16. The number of benzene rings is 1. The van der Waals surface area contributed by atoms with E-state index in [-0.39, 0.29) is 0 Å². The van der Waals surface area contributed by atoms with E-state index in [2.05, 4.69) is 4.90 Å². The number of rotatable bonds is 2. The van der Waals surface area contributed by atoms with Crippen LogP contribution in [-0.4, -0.2) is 31.3 Å². The van der Waals surface area contributed by atoms with Crippen molar-refractivity contribution in [1.82, 2.24) is 0 Å². The normalized spacial score (nSPS) is 16.6. The first kappa shape index (κ1) is 12.6. The van der Waals surface area contributed by atoms with Crippen molar-refractivity contribution in [3.63, 3.8) is 0 Å². The first-order valence-electron chi connectivity index (χ1n) is 5.61. The lowest BCUT2D eigenvalue weighted by atomic mass is 10.1. The van der Waals surface area contributed by atoms with Crippen molar-refractivity contribution < 1.29 is 4.74 Å². The summed E-state index contributed by atoms with van der Waals surface area (Å²) < 4.78 is 5.44. The van der Waals surface area contributed by atoms with E-state index in [4.69, 9.17) is 34.3 Å². The molecule has 3 nitrogen and oxygen atoms in total. The van der Waals surface area contributed by atoms with Gasteiger partial charge in [-0.3, -0.25) is 0 Å². The van der Waals surface area contributed by atoms with Crippen LogP contribution >= 0.6 is 23.8 Å². The molecular weight excluding hydrogens is 256 g/mol. The highest BCUT2D eigenvalue weighted by molar-refractivity contribution is 7.80. The van der Waals surface area contributed by atoms with Crippen molar-refractivity contribution in [2.75, 3.05) is 31.2 Å². The highest BCUT2D eigenvalue weighted by Gasteiger charge is 2.17. The Morgan fingerprint density at radius 3 is 2.94 bits per heavy atom. The van der Waals surface area contributed by atoms with Crippen molar-refractivity contribution in [1.29, 1.82) is 0 Å². The average molecular weight is 271 g/mol. The van der Waals surface area contributed by atoms with Gasteiger partial charge in [0.1, 0.15) is 4.99 Å². The van der Waals surface area contributed by atoms with Gasteiger partial charge in [0.15, 0.2) is 0 Å². The van der Waals surface area contributed by atoms with Gasteiger partial charge < -0.3 is 15.4 Å². The van der Waals surface area contributed by atoms with Crippen LogP contribution in [0.15, 0.2) is 18.2 Å². The molecular formula is C12H15ClN2OS. The summed E-state index contributed by atoms with van der Waals surface area (Å²) in [5, 5.41) is 0.611.